The predicted molar refractivity (Wildman–Crippen MR) is 113 cm³/mol. The molecular formula is C23H20N2O5. The number of nitrogens with two attached hydrogens (primary N) is 1. The third-order valence-corrected chi connectivity index (χ3v) is 4.43. The number of para-hydroxylation sites is 1. The standard InChI is InChI=1S/C23H20N2O5/c24-23-14-18(25(28)29)9-8-17(23)13-20(27)15-19(26)12-16-6-10-22(11-7-16)30-21-4-2-1-3-5-21/h1-11,14H,12-13,15,24H2. The number of nitrogens with zero attached hydrogens (tertiary/aromatic N) is 1. The molecule has 0 spiro atoms. The molecule has 0 aromatic heterocycles. The number of nitro groups is 1. The molecule has 0 fully saturated rings. The van der Waals surface area contributed by atoms with Crippen molar-refractivity contribution in [2.75, 3.05) is 5.73 Å². The van der Waals surface area contributed by atoms with Crippen molar-refractivity contribution >= 4 is 22.9 Å². The Morgan fingerprint density at radius 1 is 0.867 bits per heavy atom. The van der Waals surface area contributed by atoms with Crippen LogP contribution in [0.25, 0.3) is 0 Å². The molecular weight excluding hydrogens is 384 g/mol. The summed E-state index contributed by atoms with van der Waals surface area (Å²) in [4.78, 5) is 34.7. The number of ether oxygens (including phenoxy) is 1. The number of hydrogen-bond acceptors (Lipinski definition) is 6. The van der Waals surface area contributed by atoms with Gasteiger partial charge in [-0.15, -0.1) is 0 Å². The number of carbonyl (C=O) groups excluding carboxylic acids is 2. The lowest BCUT2D eigenvalue weighted by Crippen LogP contribution is -2.13. The fourth-order valence-electron chi connectivity index (χ4n) is 2.94. The lowest BCUT2D eigenvalue weighted by molar-refractivity contribution is -0.384. The predicted octanol–water partition coefficient (Wildman–Crippen LogP) is 4.28. The van der Waals surface area contributed by atoms with E-state index >= 15 is 0 Å². The zero-order valence-electron chi connectivity index (χ0n) is 16.1. The van der Waals surface area contributed by atoms with Gasteiger partial charge < -0.3 is 10.5 Å². The number of rotatable bonds is 9. The van der Waals surface area contributed by atoms with E-state index in [0.29, 0.717) is 11.3 Å². The Hall–Kier alpha value is -4.00. The molecule has 0 saturated heterocycles. The maximum atomic E-state index is 12.2. The molecule has 7 heteroatoms. The minimum absolute atomic E-state index is 0.0422. The highest BCUT2D eigenvalue weighted by atomic mass is 16.6. The summed E-state index contributed by atoms with van der Waals surface area (Å²) >= 11 is 0. The van der Waals surface area contributed by atoms with Crippen molar-refractivity contribution in [1.29, 1.82) is 0 Å². The van der Waals surface area contributed by atoms with Crippen LogP contribution in [0.3, 0.4) is 0 Å². The number of Topliss-reactive ketones (excluding diaryl/α,β-unsaturated/α-hetero) is 2. The Labute approximate surface area is 173 Å². The van der Waals surface area contributed by atoms with Crippen molar-refractivity contribution in [3.8, 4) is 11.5 Å². The van der Waals surface area contributed by atoms with Crippen LogP contribution in [0.2, 0.25) is 0 Å². The van der Waals surface area contributed by atoms with Gasteiger partial charge in [0.15, 0.2) is 0 Å². The molecule has 0 radical (unpaired) electrons. The fourth-order valence-corrected chi connectivity index (χ4v) is 2.94. The second-order valence-electron chi connectivity index (χ2n) is 6.81. The molecule has 3 aromatic carbocycles. The third kappa shape index (κ3) is 5.75. The van der Waals surface area contributed by atoms with Crippen LogP contribution in [0.4, 0.5) is 11.4 Å². The average Bonchev–Trinajstić information content (AvgIpc) is 2.71. The van der Waals surface area contributed by atoms with E-state index in [-0.39, 0.29) is 42.2 Å². The number of nitrogen functional groups attached to an aromatic ring is 1. The van der Waals surface area contributed by atoms with Crippen LogP contribution in [0.1, 0.15) is 17.5 Å². The molecule has 0 heterocycles. The zero-order chi connectivity index (χ0) is 21.5. The number of anilines is 1. The van der Waals surface area contributed by atoms with Crippen LogP contribution >= 0.6 is 0 Å². The first-order valence-corrected chi connectivity index (χ1v) is 9.29. The van der Waals surface area contributed by atoms with E-state index in [1.165, 1.54) is 18.2 Å². The van der Waals surface area contributed by atoms with Gasteiger partial charge in [0.1, 0.15) is 23.1 Å². The number of carbonyl (C=O) groups is 2. The van der Waals surface area contributed by atoms with Crippen LogP contribution in [0.15, 0.2) is 72.8 Å². The molecule has 30 heavy (non-hydrogen) atoms. The lowest BCUT2D eigenvalue weighted by Gasteiger charge is -2.07. The van der Waals surface area contributed by atoms with Crippen molar-refractivity contribution in [2.45, 2.75) is 19.3 Å². The monoisotopic (exact) mass is 404 g/mol. The number of ketones is 2. The van der Waals surface area contributed by atoms with Crippen molar-refractivity contribution < 1.29 is 19.2 Å². The summed E-state index contributed by atoms with van der Waals surface area (Å²) in [5, 5.41) is 10.7. The van der Waals surface area contributed by atoms with Crippen LogP contribution in [0, 0.1) is 10.1 Å². The van der Waals surface area contributed by atoms with Crippen molar-refractivity contribution in [3.63, 3.8) is 0 Å². The average molecular weight is 404 g/mol. The van der Waals surface area contributed by atoms with Crippen LogP contribution in [-0.2, 0) is 22.4 Å². The number of benzene rings is 3. The minimum atomic E-state index is -0.554. The maximum absolute atomic E-state index is 12.2. The summed E-state index contributed by atoms with van der Waals surface area (Å²) in [6.07, 6.45) is -0.134. The normalized spacial score (nSPS) is 10.4. The molecule has 7 nitrogen and oxygen atoms in total. The van der Waals surface area contributed by atoms with Crippen molar-refractivity contribution in [2.24, 2.45) is 0 Å². The van der Waals surface area contributed by atoms with Crippen LogP contribution in [0.5, 0.6) is 11.5 Å². The molecule has 0 unspecified atom stereocenters. The maximum Gasteiger partial charge on any atom is 0.271 e. The molecule has 0 bridgehead atoms. The summed E-state index contributed by atoms with van der Waals surface area (Å²) in [7, 11) is 0. The van der Waals surface area contributed by atoms with Crippen molar-refractivity contribution in [3.05, 3.63) is 94.0 Å². The molecule has 2 N–H and O–H groups in total. The molecule has 0 aliphatic rings. The van der Waals surface area contributed by atoms with Gasteiger partial charge in [-0.05, 0) is 41.5 Å². The number of hydrogen-bond donors (Lipinski definition) is 1. The Morgan fingerprint density at radius 3 is 2.13 bits per heavy atom. The number of non-ortho nitro benzene ring substituents is 1. The molecule has 0 amide bonds. The van der Waals surface area contributed by atoms with E-state index in [4.69, 9.17) is 10.5 Å². The summed E-state index contributed by atoms with van der Waals surface area (Å²) in [5.74, 6) is 0.876. The van der Waals surface area contributed by atoms with Crippen LogP contribution < -0.4 is 10.5 Å². The van der Waals surface area contributed by atoms with Crippen LogP contribution in [-0.4, -0.2) is 16.5 Å². The molecule has 0 saturated carbocycles. The van der Waals surface area contributed by atoms with Gasteiger partial charge in [0, 0.05) is 30.7 Å². The van der Waals surface area contributed by atoms with E-state index in [1.807, 2.05) is 30.3 Å². The third-order valence-electron chi connectivity index (χ3n) is 4.43. The second kappa shape index (κ2) is 9.47. The van der Waals surface area contributed by atoms with Gasteiger partial charge in [0.05, 0.1) is 11.3 Å². The summed E-state index contributed by atoms with van der Waals surface area (Å²) in [6, 6.07) is 20.4. The molecule has 0 aliphatic carbocycles. The largest absolute Gasteiger partial charge is 0.457 e. The molecule has 0 aliphatic heterocycles. The molecule has 3 rings (SSSR count). The molecule has 0 atom stereocenters. The summed E-state index contributed by atoms with van der Waals surface area (Å²) < 4.78 is 5.71. The smallest absolute Gasteiger partial charge is 0.271 e. The Bertz CT molecular complexity index is 1060. The van der Waals surface area contributed by atoms with Gasteiger partial charge >= 0.3 is 0 Å². The first-order valence-electron chi connectivity index (χ1n) is 9.29. The highest BCUT2D eigenvalue weighted by molar-refractivity contribution is 6.01. The Morgan fingerprint density at radius 2 is 1.50 bits per heavy atom. The van der Waals surface area contributed by atoms with E-state index in [1.54, 1.807) is 24.3 Å². The Balaban J connectivity index is 1.52. The van der Waals surface area contributed by atoms with E-state index in [9.17, 15) is 19.7 Å². The summed E-state index contributed by atoms with van der Waals surface area (Å²) in [6.45, 7) is 0. The quantitative estimate of drug-likeness (QED) is 0.246. The van der Waals surface area contributed by atoms with Gasteiger partial charge in [-0.25, -0.2) is 0 Å². The molecule has 3 aromatic rings. The topological polar surface area (TPSA) is 113 Å². The lowest BCUT2D eigenvalue weighted by atomic mass is 10.0. The highest BCUT2D eigenvalue weighted by Crippen LogP contribution is 2.22. The van der Waals surface area contributed by atoms with E-state index in [2.05, 4.69) is 0 Å². The minimum Gasteiger partial charge on any atom is -0.457 e. The van der Waals surface area contributed by atoms with Gasteiger partial charge in [-0.3, -0.25) is 19.7 Å². The summed E-state index contributed by atoms with van der Waals surface area (Å²) in [5.41, 5.74) is 7.06. The first-order chi connectivity index (χ1) is 14.4. The van der Waals surface area contributed by atoms with E-state index < -0.39 is 4.92 Å². The molecule has 152 valence electrons. The van der Waals surface area contributed by atoms with E-state index in [0.717, 1.165) is 11.3 Å². The van der Waals surface area contributed by atoms with Gasteiger partial charge in [0.25, 0.3) is 5.69 Å². The van der Waals surface area contributed by atoms with Crippen molar-refractivity contribution in [1.82, 2.24) is 0 Å². The fraction of sp³-hybridized carbons (Fsp3) is 0.130. The van der Waals surface area contributed by atoms with Gasteiger partial charge in [-0.2, -0.15) is 0 Å². The van der Waals surface area contributed by atoms with Gasteiger partial charge in [-0.1, -0.05) is 30.3 Å². The first kappa shape index (κ1) is 20.7. The van der Waals surface area contributed by atoms with Gasteiger partial charge in [0.2, 0.25) is 0 Å². The number of nitro benzene ring substituents is 1. The highest BCUT2D eigenvalue weighted by Gasteiger charge is 2.15. The second-order valence-corrected chi connectivity index (χ2v) is 6.81. The zero-order valence-corrected chi connectivity index (χ0v) is 16.1. The Kier molecular flexibility index (Phi) is 6.54. The SMILES string of the molecule is Nc1cc([N+](=O)[O-])ccc1CC(=O)CC(=O)Cc1ccc(Oc2ccccc2)cc1.